The number of sulfone groups is 1. The molecular formula is C14H28N4O2S. The Hall–Kier alpha value is -0.950. The fraction of sp³-hybridized carbons (Fsp3) is 0.857. The minimum Gasteiger partial charge on any atom is -0.312 e. The second-order valence-electron chi connectivity index (χ2n) is 5.99. The van der Waals surface area contributed by atoms with Gasteiger partial charge in [0.1, 0.15) is 12.2 Å². The second-order valence-corrected chi connectivity index (χ2v) is 8.58. The van der Waals surface area contributed by atoms with Gasteiger partial charge in [0.2, 0.25) is 0 Å². The molecule has 0 spiro atoms. The standard InChI is InChI=1S/C14H28N4O2S/c1-6-8-15-12(14(3,4)21(5,19)20)10-13-16-11-17-18(13)9-7-2/h11-12,15H,6-10H2,1-5H3. The van der Waals surface area contributed by atoms with Gasteiger partial charge in [-0.25, -0.2) is 13.4 Å². The third kappa shape index (κ3) is 4.51. The smallest absolute Gasteiger partial charge is 0.154 e. The molecule has 1 aromatic heterocycles. The van der Waals surface area contributed by atoms with Crippen LogP contribution in [0.1, 0.15) is 46.4 Å². The molecule has 0 saturated carbocycles. The minimum absolute atomic E-state index is 0.188. The lowest BCUT2D eigenvalue weighted by molar-refractivity contribution is 0.392. The fourth-order valence-electron chi connectivity index (χ4n) is 2.17. The first-order chi connectivity index (χ1) is 9.74. The van der Waals surface area contributed by atoms with Gasteiger partial charge >= 0.3 is 0 Å². The Morgan fingerprint density at radius 2 is 2.00 bits per heavy atom. The summed E-state index contributed by atoms with van der Waals surface area (Å²) in [6, 6.07) is -0.188. The number of aromatic nitrogens is 3. The van der Waals surface area contributed by atoms with Gasteiger partial charge in [0.25, 0.3) is 0 Å². The van der Waals surface area contributed by atoms with Crippen LogP contribution >= 0.6 is 0 Å². The summed E-state index contributed by atoms with van der Waals surface area (Å²) in [6.07, 6.45) is 5.32. The van der Waals surface area contributed by atoms with Crippen molar-refractivity contribution in [3.05, 3.63) is 12.2 Å². The molecule has 122 valence electrons. The average molecular weight is 316 g/mol. The number of aryl methyl sites for hydroxylation is 1. The Bertz CT molecular complexity index is 537. The Balaban J connectivity index is 3.00. The molecule has 0 radical (unpaired) electrons. The molecule has 6 nitrogen and oxygen atoms in total. The van der Waals surface area contributed by atoms with Gasteiger partial charge in [-0.05, 0) is 33.2 Å². The molecule has 1 heterocycles. The molecular weight excluding hydrogens is 288 g/mol. The molecule has 21 heavy (non-hydrogen) atoms. The van der Waals surface area contributed by atoms with Crippen molar-refractivity contribution in [3.63, 3.8) is 0 Å². The maximum atomic E-state index is 12.1. The van der Waals surface area contributed by atoms with Gasteiger partial charge < -0.3 is 5.32 Å². The first-order valence-electron chi connectivity index (χ1n) is 7.53. The van der Waals surface area contributed by atoms with Gasteiger partial charge in [-0.2, -0.15) is 5.10 Å². The van der Waals surface area contributed by atoms with Crippen molar-refractivity contribution < 1.29 is 8.42 Å². The van der Waals surface area contributed by atoms with Crippen LogP contribution in [-0.4, -0.2) is 46.8 Å². The highest BCUT2D eigenvalue weighted by atomic mass is 32.2. The van der Waals surface area contributed by atoms with Gasteiger partial charge in [0.15, 0.2) is 9.84 Å². The molecule has 1 aromatic rings. The van der Waals surface area contributed by atoms with E-state index in [2.05, 4.69) is 29.2 Å². The number of hydrogen-bond donors (Lipinski definition) is 1. The topological polar surface area (TPSA) is 76.9 Å². The van der Waals surface area contributed by atoms with Gasteiger partial charge in [-0.15, -0.1) is 0 Å². The van der Waals surface area contributed by atoms with Crippen molar-refractivity contribution in [1.29, 1.82) is 0 Å². The summed E-state index contributed by atoms with van der Waals surface area (Å²) in [7, 11) is -3.18. The molecule has 0 aromatic carbocycles. The van der Waals surface area contributed by atoms with Crippen LogP contribution in [-0.2, 0) is 22.8 Å². The second kappa shape index (κ2) is 7.35. The van der Waals surface area contributed by atoms with E-state index in [1.807, 2.05) is 4.68 Å². The normalized spacial score (nSPS) is 14.3. The van der Waals surface area contributed by atoms with E-state index in [1.54, 1.807) is 13.8 Å². The molecule has 0 amide bonds. The largest absolute Gasteiger partial charge is 0.312 e. The number of rotatable bonds is 9. The van der Waals surface area contributed by atoms with E-state index in [9.17, 15) is 8.42 Å². The van der Waals surface area contributed by atoms with Crippen LogP contribution in [0.2, 0.25) is 0 Å². The SMILES string of the molecule is CCCNC(Cc1ncnn1CCC)C(C)(C)S(C)(=O)=O. The van der Waals surface area contributed by atoms with Gasteiger partial charge in [-0.3, -0.25) is 4.68 Å². The highest BCUT2D eigenvalue weighted by Gasteiger charge is 2.39. The van der Waals surface area contributed by atoms with Crippen LogP contribution in [0.25, 0.3) is 0 Å². The molecule has 0 bridgehead atoms. The van der Waals surface area contributed by atoms with E-state index in [1.165, 1.54) is 12.6 Å². The van der Waals surface area contributed by atoms with E-state index in [0.717, 1.165) is 31.8 Å². The predicted molar refractivity (Wildman–Crippen MR) is 85.0 cm³/mol. The van der Waals surface area contributed by atoms with E-state index in [0.29, 0.717) is 6.42 Å². The van der Waals surface area contributed by atoms with E-state index in [4.69, 9.17) is 0 Å². The molecule has 0 aliphatic heterocycles. The summed E-state index contributed by atoms with van der Waals surface area (Å²) < 4.78 is 25.2. The van der Waals surface area contributed by atoms with Gasteiger partial charge in [0.05, 0.1) is 4.75 Å². The Morgan fingerprint density at radius 1 is 1.33 bits per heavy atom. The molecule has 0 aliphatic carbocycles. The first kappa shape index (κ1) is 18.1. The Morgan fingerprint density at radius 3 is 2.52 bits per heavy atom. The molecule has 0 saturated heterocycles. The minimum atomic E-state index is -3.18. The van der Waals surface area contributed by atoms with Crippen LogP contribution in [0.5, 0.6) is 0 Å². The van der Waals surface area contributed by atoms with Crippen LogP contribution in [0.3, 0.4) is 0 Å². The van der Waals surface area contributed by atoms with Crippen molar-refractivity contribution in [2.45, 2.75) is 64.3 Å². The van der Waals surface area contributed by atoms with E-state index in [-0.39, 0.29) is 6.04 Å². The summed E-state index contributed by atoms with van der Waals surface area (Å²) in [4.78, 5) is 4.30. The summed E-state index contributed by atoms with van der Waals surface area (Å²) >= 11 is 0. The lowest BCUT2D eigenvalue weighted by Crippen LogP contribution is -2.53. The highest BCUT2D eigenvalue weighted by Crippen LogP contribution is 2.23. The molecule has 1 rings (SSSR count). The molecule has 1 N–H and O–H groups in total. The zero-order valence-corrected chi connectivity index (χ0v) is 14.6. The molecule has 1 atom stereocenters. The lowest BCUT2D eigenvalue weighted by Gasteiger charge is -2.33. The maximum absolute atomic E-state index is 12.1. The maximum Gasteiger partial charge on any atom is 0.154 e. The fourth-order valence-corrected chi connectivity index (χ4v) is 2.85. The number of hydrogen-bond acceptors (Lipinski definition) is 5. The van der Waals surface area contributed by atoms with Crippen molar-refractivity contribution in [1.82, 2.24) is 20.1 Å². The summed E-state index contributed by atoms with van der Waals surface area (Å²) in [5, 5.41) is 7.58. The van der Waals surface area contributed by atoms with Crippen molar-refractivity contribution in [2.75, 3.05) is 12.8 Å². The zero-order chi connectivity index (χ0) is 16.1. The third-order valence-electron chi connectivity index (χ3n) is 3.95. The molecule has 7 heteroatoms. The summed E-state index contributed by atoms with van der Waals surface area (Å²) in [5.74, 6) is 0.835. The third-order valence-corrected chi connectivity index (χ3v) is 6.15. The van der Waals surface area contributed by atoms with Crippen molar-refractivity contribution in [2.24, 2.45) is 0 Å². The number of nitrogens with one attached hydrogen (secondary N) is 1. The Labute approximate surface area is 128 Å². The van der Waals surface area contributed by atoms with Gasteiger partial charge in [0, 0.05) is 25.3 Å². The van der Waals surface area contributed by atoms with Crippen LogP contribution in [0, 0.1) is 0 Å². The summed E-state index contributed by atoms with van der Waals surface area (Å²) in [5.41, 5.74) is 0. The predicted octanol–water partition coefficient (Wildman–Crippen LogP) is 1.42. The molecule has 0 aliphatic rings. The van der Waals surface area contributed by atoms with Crippen LogP contribution in [0.4, 0.5) is 0 Å². The van der Waals surface area contributed by atoms with Crippen molar-refractivity contribution in [3.8, 4) is 0 Å². The van der Waals surface area contributed by atoms with Gasteiger partial charge in [-0.1, -0.05) is 13.8 Å². The van der Waals surface area contributed by atoms with E-state index < -0.39 is 14.6 Å². The highest BCUT2D eigenvalue weighted by molar-refractivity contribution is 7.92. The average Bonchev–Trinajstić information content (AvgIpc) is 2.80. The Kier molecular flexibility index (Phi) is 6.34. The lowest BCUT2D eigenvalue weighted by atomic mass is 9.99. The first-order valence-corrected chi connectivity index (χ1v) is 9.42. The molecule has 1 unspecified atom stereocenters. The van der Waals surface area contributed by atoms with Crippen LogP contribution in [0.15, 0.2) is 6.33 Å². The zero-order valence-electron chi connectivity index (χ0n) is 13.8. The van der Waals surface area contributed by atoms with E-state index >= 15 is 0 Å². The summed E-state index contributed by atoms with van der Waals surface area (Å²) in [6.45, 7) is 9.28. The molecule has 0 fully saturated rings. The van der Waals surface area contributed by atoms with Crippen molar-refractivity contribution >= 4 is 9.84 Å². The van der Waals surface area contributed by atoms with Crippen LogP contribution < -0.4 is 5.32 Å². The monoisotopic (exact) mass is 316 g/mol. The quantitative estimate of drug-likeness (QED) is 0.745. The number of nitrogens with zero attached hydrogens (tertiary/aromatic N) is 3.